The minimum atomic E-state index is -5.02. The van der Waals surface area contributed by atoms with E-state index in [0.29, 0.717) is 19.1 Å². The number of amides is 1. The van der Waals surface area contributed by atoms with Crippen molar-refractivity contribution in [3.8, 4) is 0 Å². The van der Waals surface area contributed by atoms with Crippen LogP contribution in [-0.4, -0.2) is 31.1 Å². The van der Waals surface area contributed by atoms with Gasteiger partial charge in [0.05, 0.1) is 11.3 Å². The predicted octanol–water partition coefficient (Wildman–Crippen LogP) is 3.66. The lowest BCUT2D eigenvalue weighted by Gasteiger charge is -2.16. The van der Waals surface area contributed by atoms with E-state index in [4.69, 9.17) is 0 Å². The van der Waals surface area contributed by atoms with E-state index in [0.717, 1.165) is 22.9 Å². The molecule has 0 aliphatic carbocycles. The zero-order valence-corrected chi connectivity index (χ0v) is 16.0. The topological polar surface area (TPSA) is 80.2 Å². The highest BCUT2D eigenvalue weighted by molar-refractivity contribution is 7.89. The van der Waals surface area contributed by atoms with Crippen molar-refractivity contribution in [2.75, 3.05) is 5.32 Å². The van der Waals surface area contributed by atoms with Crippen molar-refractivity contribution < 1.29 is 43.9 Å². The van der Waals surface area contributed by atoms with E-state index >= 15 is 0 Å². The number of alkyl halides is 6. The first-order chi connectivity index (χ1) is 13.5. The molecule has 2 N–H and O–H groups in total. The third-order valence-electron chi connectivity index (χ3n) is 3.90. The van der Waals surface area contributed by atoms with Crippen LogP contribution in [0, 0.1) is 5.82 Å². The fraction of sp³-hybridized carbons (Fsp3) is 0.312. The molecule has 1 aromatic heterocycles. The Balaban J connectivity index is 2.31. The van der Waals surface area contributed by atoms with Crippen molar-refractivity contribution in [1.29, 1.82) is 0 Å². The molecule has 1 heterocycles. The number of halogens is 7. The van der Waals surface area contributed by atoms with Crippen molar-refractivity contribution in [2.45, 2.75) is 30.2 Å². The summed E-state index contributed by atoms with van der Waals surface area (Å²) in [5, 5.41) is 1.88. The molecule has 1 amide bonds. The first-order valence-corrected chi connectivity index (χ1v) is 9.45. The molecule has 0 radical (unpaired) electrons. The normalized spacial score (nSPS) is 13.9. The lowest BCUT2D eigenvalue weighted by molar-refractivity contribution is -0.147. The van der Waals surface area contributed by atoms with Crippen molar-refractivity contribution in [3.63, 3.8) is 0 Å². The van der Waals surface area contributed by atoms with Crippen LogP contribution in [-0.2, 0) is 23.2 Å². The number of carbonyl (C=O) groups excluding carboxylic acids is 1. The van der Waals surface area contributed by atoms with Gasteiger partial charge in [-0.05, 0) is 25.1 Å². The first-order valence-electron chi connectivity index (χ1n) is 7.96. The highest BCUT2D eigenvalue weighted by atomic mass is 32.2. The standard InChI is InChI=1S/C16H14F7N3O3S/c1-8(15(18,19)20)25-30(28,29)9-6-12(26(2)7-9)14(27)24-11-5-3-4-10(13(11)17)16(21,22)23/h3-8,25H,1-2H3,(H,24,27)/t8-/m1/s1. The largest absolute Gasteiger partial charge is 0.419 e. The minimum absolute atomic E-state index is 0.452. The third kappa shape index (κ3) is 5.11. The molecule has 0 unspecified atom stereocenters. The second kappa shape index (κ2) is 7.91. The number of hydrogen-bond acceptors (Lipinski definition) is 3. The number of aromatic nitrogens is 1. The third-order valence-corrected chi connectivity index (χ3v) is 5.41. The zero-order chi connectivity index (χ0) is 23.1. The monoisotopic (exact) mass is 461 g/mol. The van der Waals surface area contributed by atoms with Gasteiger partial charge in [-0.2, -0.15) is 31.1 Å². The summed E-state index contributed by atoms with van der Waals surface area (Å²) < 4.78 is 117. The smallest absolute Gasteiger partial charge is 0.345 e. The van der Waals surface area contributed by atoms with Gasteiger partial charge in [0.2, 0.25) is 10.0 Å². The van der Waals surface area contributed by atoms with Gasteiger partial charge in [-0.1, -0.05) is 6.07 Å². The van der Waals surface area contributed by atoms with Crippen LogP contribution in [0.15, 0.2) is 35.4 Å². The number of hydrogen-bond donors (Lipinski definition) is 2. The summed E-state index contributed by atoms with van der Waals surface area (Å²) >= 11 is 0. The lowest BCUT2D eigenvalue weighted by Crippen LogP contribution is -2.42. The van der Waals surface area contributed by atoms with Gasteiger partial charge < -0.3 is 9.88 Å². The van der Waals surface area contributed by atoms with Gasteiger partial charge in [0.25, 0.3) is 5.91 Å². The molecule has 0 saturated heterocycles. The summed E-state index contributed by atoms with van der Waals surface area (Å²) in [7, 11) is -3.51. The van der Waals surface area contributed by atoms with Crippen molar-refractivity contribution in [3.05, 3.63) is 47.5 Å². The molecule has 2 rings (SSSR count). The van der Waals surface area contributed by atoms with Crippen LogP contribution < -0.4 is 10.0 Å². The molecule has 0 fully saturated rings. The molecule has 0 saturated carbocycles. The average Bonchev–Trinajstić information content (AvgIpc) is 2.97. The summed E-state index contributed by atoms with van der Waals surface area (Å²) in [5.74, 6) is -2.93. The number of nitrogens with one attached hydrogen (secondary N) is 2. The van der Waals surface area contributed by atoms with Crippen molar-refractivity contribution >= 4 is 21.6 Å². The number of aryl methyl sites for hydroxylation is 1. The summed E-state index contributed by atoms with van der Waals surface area (Å²) in [4.78, 5) is 11.6. The molecule has 1 atom stereocenters. The Bertz CT molecular complexity index is 1060. The first kappa shape index (κ1) is 23.7. The molecular formula is C16H14F7N3O3S. The Morgan fingerprint density at radius 2 is 1.73 bits per heavy atom. The highest BCUT2D eigenvalue weighted by Gasteiger charge is 2.39. The quantitative estimate of drug-likeness (QED) is 0.667. The maximum absolute atomic E-state index is 14.0. The number of rotatable bonds is 5. The van der Waals surface area contributed by atoms with Crippen molar-refractivity contribution in [2.24, 2.45) is 7.05 Å². The molecule has 2 aromatic rings. The Kier molecular flexibility index (Phi) is 6.24. The summed E-state index contributed by atoms with van der Waals surface area (Å²) in [5.41, 5.74) is -2.89. The van der Waals surface area contributed by atoms with Gasteiger partial charge in [-0.3, -0.25) is 4.79 Å². The maximum atomic E-state index is 14.0. The molecule has 0 bridgehead atoms. The SMILES string of the molecule is C[C@@H](NS(=O)(=O)c1cc(C(=O)Nc2cccc(C(F)(F)F)c2F)n(C)c1)C(F)(F)F. The zero-order valence-electron chi connectivity index (χ0n) is 15.2. The molecule has 30 heavy (non-hydrogen) atoms. The molecule has 14 heteroatoms. The molecule has 166 valence electrons. The molecule has 0 aliphatic heterocycles. The van der Waals surface area contributed by atoms with E-state index < -0.39 is 62.0 Å². The van der Waals surface area contributed by atoms with Crippen LogP contribution in [0.5, 0.6) is 0 Å². The minimum Gasteiger partial charge on any atom is -0.345 e. The molecule has 0 aliphatic rings. The van der Waals surface area contributed by atoms with E-state index in [9.17, 15) is 43.9 Å². The van der Waals surface area contributed by atoms with Crippen LogP contribution >= 0.6 is 0 Å². The lowest BCUT2D eigenvalue weighted by atomic mass is 10.1. The fourth-order valence-electron chi connectivity index (χ4n) is 2.31. The van der Waals surface area contributed by atoms with E-state index in [1.54, 1.807) is 0 Å². The van der Waals surface area contributed by atoms with E-state index in [1.807, 2.05) is 5.32 Å². The van der Waals surface area contributed by atoms with Crippen molar-refractivity contribution in [1.82, 2.24) is 9.29 Å². The van der Waals surface area contributed by atoms with Crippen LogP contribution in [0.25, 0.3) is 0 Å². The molecule has 1 aromatic carbocycles. The van der Waals surface area contributed by atoms with Gasteiger partial charge in [0, 0.05) is 13.2 Å². The number of benzene rings is 1. The number of nitrogens with zero attached hydrogens (tertiary/aromatic N) is 1. The van der Waals surface area contributed by atoms with E-state index in [2.05, 4.69) is 0 Å². The van der Waals surface area contributed by atoms with Crippen LogP contribution in [0.4, 0.5) is 36.4 Å². The Morgan fingerprint density at radius 1 is 1.13 bits per heavy atom. The summed E-state index contributed by atoms with van der Waals surface area (Å²) in [6.07, 6.45) is -9.05. The molecule has 0 spiro atoms. The van der Waals surface area contributed by atoms with Gasteiger partial charge in [0.15, 0.2) is 5.82 Å². The van der Waals surface area contributed by atoms with Gasteiger partial charge in [-0.25, -0.2) is 12.8 Å². The molecule has 6 nitrogen and oxygen atoms in total. The van der Waals surface area contributed by atoms with E-state index in [1.165, 1.54) is 11.8 Å². The average molecular weight is 461 g/mol. The van der Waals surface area contributed by atoms with Gasteiger partial charge in [-0.15, -0.1) is 0 Å². The highest BCUT2D eigenvalue weighted by Crippen LogP contribution is 2.34. The van der Waals surface area contributed by atoms with E-state index in [-0.39, 0.29) is 0 Å². The second-order valence-corrected chi connectivity index (χ2v) is 7.89. The predicted molar refractivity (Wildman–Crippen MR) is 90.6 cm³/mol. The Labute approximate surface area is 165 Å². The Morgan fingerprint density at radius 3 is 2.27 bits per heavy atom. The van der Waals surface area contributed by atoms with Crippen LogP contribution in [0.3, 0.4) is 0 Å². The maximum Gasteiger partial charge on any atom is 0.419 e. The number of carbonyl (C=O) groups is 1. The van der Waals surface area contributed by atoms with Crippen LogP contribution in [0.1, 0.15) is 23.0 Å². The summed E-state index contributed by atoms with van der Waals surface area (Å²) in [6, 6.07) is 0.456. The fourth-order valence-corrected chi connectivity index (χ4v) is 3.61. The molecular weight excluding hydrogens is 447 g/mol. The number of anilines is 1. The second-order valence-electron chi connectivity index (χ2n) is 6.18. The summed E-state index contributed by atoms with van der Waals surface area (Å²) in [6.45, 7) is 0.574. The Hall–Kier alpha value is -2.61. The van der Waals surface area contributed by atoms with Gasteiger partial charge in [0.1, 0.15) is 16.6 Å². The number of sulfonamides is 1. The van der Waals surface area contributed by atoms with Gasteiger partial charge >= 0.3 is 12.4 Å². The van der Waals surface area contributed by atoms with Crippen LogP contribution in [0.2, 0.25) is 0 Å².